The lowest BCUT2D eigenvalue weighted by molar-refractivity contribution is -0.384. The van der Waals surface area contributed by atoms with E-state index in [2.05, 4.69) is 10.3 Å². The normalized spacial score (nSPS) is 10.5. The molecule has 0 bridgehead atoms. The number of amides is 1. The summed E-state index contributed by atoms with van der Waals surface area (Å²) in [6, 6.07) is 25.0. The van der Waals surface area contributed by atoms with Crippen LogP contribution in [0, 0.1) is 17.0 Å². The van der Waals surface area contributed by atoms with E-state index in [1.165, 1.54) is 18.2 Å². The molecule has 158 valence electrons. The number of hydrogen-bond acceptors (Lipinski definition) is 4. The van der Waals surface area contributed by atoms with Gasteiger partial charge in [-0.1, -0.05) is 60.7 Å². The van der Waals surface area contributed by atoms with E-state index in [1.54, 1.807) is 19.1 Å². The van der Waals surface area contributed by atoms with Crippen LogP contribution in [-0.2, 0) is 0 Å². The molecule has 7 nitrogen and oxygen atoms in total. The number of nitro benzene ring substituents is 1. The van der Waals surface area contributed by atoms with Crippen molar-refractivity contribution < 1.29 is 9.72 Å². The van der Waals surface area contributed by atoms with Crippen molar-refractivity contribution in [1.82, 2.24) is 4.98 Å². The number of aryl methyl sites for hydroxylation is 1. The maximum Gasteiger partial charge on any atom is 0.271 e. The first-order valence-corrected chi connectivity index (χ1v) is 9.88. The molecule has 1 heterocycles. The Hall–Kier alpha value is -4.52. The number of carbonyl (C=O) groups excluding carboxylic acids is 1. The second kappa shape index (κ2) is 8.69. The summed E-state index contributed by atoms with van der Waals surface area (Å²) < 4.78 is 0. The maximum atomic E-state index is 12.6. The molecule has 0 aliphatic heterocycles. The fourth-order valence-electron chi connectivity index (χ4n) is 3.34. The van der Waals surface area contributed by atoms with Gasteiger partial charge in [0.1, 0.15) is 5.56 Å². The molecule has 3 aromatic carbocycles. The summed E-state index contributed by atoms with van der Waals surface area (Å²) in [5.41, 5.74) is 3.70. The average molecular weight is 425 g/mol. The van der Waals surface area contributed by atoms with E-state index in [4.69, 9.17) is 0 Å². The lowest BCUT2D eigenvalue weighted by Gasteiger charge is -2.09. The summed E-state index contributed by atoms with van der Waals surface area (Å²) in [7, 11) is 0. The number of aromatic nitrogens is 1. The van der Waals surface area contributed by atoms with Crippen LogP contribution in [0.2, 0.25) is 0 Å². The molecule has 4 aromatic rings. The Morgan fingerprint density at radius 2 is 1.53 bits per heavy atom. The van der Waals surface area contributed by atoms with Gasteiger partial charge in [-0.25, -0.2) is 0 Å². The zero-order valence-corrected chi connectivity index (χ0v) is 17.2. The van der Waals surface area contributed by atoms with Gasteiger partial charge >= 0.3 is 0 Å². The third-order valence-electron chi connectivity index (χ3n) is 5.14. The summed E-state index contributed by atoms with van der Waals surface area (Å²) in [4.78, 5) is 38.4. The number of nitrogens with zero attached hydrogens (tertiary/aromatic N) is 1. The summed E-state index contributed by atoms with van der Waals surface area (Å²) in [6.07, 6.45) is 0. The Kier molecular flexibility index (Phi) is 5.63. The minimum absolute atomic E-state index is 0.0828. The van der Waals surface area contributed by atoms with Gasteiger partial charge < -0.3 is 10.3 Å². The Morgan fingerprint density at radius 3 is 2.19 bits per heavy atom. The van der Waals surface area contributed by atoms with Gasteiger partial charge in [-0.3, -0.25) is 19.7 Å². The number of aromatic amines is 1. The Morgan fingerprint density at radius 1 is 0.875 bits per heavy atom. The van der Waals surface area contributed by atoms with E-state index in [1.807, 2.05) is 54.6 Å². The number of nitrogens with one attached hydrogen (secondary N) is 2. The van der Waals surface area contributed by atoms with Crippen LogP contribution in [0.5, 0.6) is 0 Å². The van der Waals surface area contributed by atoms with Gasteiger partial charge in [0.2, 0.25) is 0 Å². The third kappa shape index (κ3) is 4.32. The summed E-state index contributed by atoms with van der Waals surface area (Å²) >= 11 is 0. The van der Waals surface area contributed by atoms with E-state index < -0.39 is 16.4 Å². The minimum Gasteiger partial charge on any atom is -0.321 e. The topological polar surface area (TPSA) is 105 Å². The van der Waals surface area contributed by atoms with Crippen LogP contribution in [0.3, 0.4) is 0 Å². The van der Waals surface area contributed by atoms with Gasteiger partial charge in [0.05, 0.1) is 10.6 Å². The Balaban J connectivity index is 1.56. The number of anilines is 1. The van der Waals surface area contributed by atoms with E-state index in [0.29, 0.717) is 11.3 Å². The fraction of sp³-hybridized carbons (Fsp3) is 0.0400. The Bertz CT molecular complexity index is 1360. The average Bonchev–Trinajstić information content (AvgIpc) is 2.81. The smallest absolute Gasteiger partial charge is 0.271 e. The first-order valence-electron chi connectivity index (χ1n) is 9.88. The molecule has 0 saturated heterocycles. The highest BCUT2D eigenvalue weighted by molar-refractivity contribution is 6.04. The predicted octanol–water partition coefficient (Wildman–Crippen LogP) is 5.18. The molecular formula is C25H19N3O4. The van der Waals surface area contributed by atoms with Gasteiger partial charge in [-0.15, -0.1) is 0 Å². The number of hydrogen-bond donors (Lipinski definition) is 2. The first-order chi connectivity index (χ1) is 15.4. The van der Waals surface area contributed by atoms with Crippen molar-refractivity contribution in [2.75, 3.05) is 5.32 Å². The van der Waals surface area contributed by atoms with Crippen molar-refractivity contribution in [3.8, 4) is 22.4 Å². The number of benzene rings is 3. The Labute approximate surface area is 183 Å². The summed E-state index contributed by atoms with van der Waals surface area (Å²) in [6.45, 7) is 1.71. The van der Waals surface area contributed by atoms with Gasteiger partial charge in [0, 0.05) is 17.8 Å². The van der Waals surface area contributed by atoms with Gasteiger partial charge in [-0.05, 0) is 41.3 Å². The van der Waals surface area contributed by atoms with Crippen LogP contribution in [0.25, 0.3) is 22.4 Å². The molecule has 0 unspecified atom stereocenters. The lowest BCUT2D eigenvalue weighted by atomic mass is 10.0. The molecule has 0 fully saturated rings. The molecule has 1 aromatic heterocycles. The van der Waals surface area contributed by atoms with E-state index in [9.17, 15) is 19.7 Å². The molecule has 0 aliphatic rings. The van der Waals surface area contributed by atoms with Crippen molar-refractivity contribution in [3.63, 3.8) is 0 Å². The summed E-state index contributed by atoms with van der Waals surface area (Å²) in [5.74, 6) is -0.638. The molecule has 7 heteroatoms. The van der Waals surface area contributed by atoms with Crippen molar-refractivity contribution in [3.05, 3.63) is 117 Å². The molecule has 0 saturated carbocycles. The van der Waals surface area contributed by atoms with Crippen molar-refractivity contribution in [2.45, 2.75) is 6.92 Å². The number of non-ortho nitro benzene ring substituents is 1. The second-order valence-electron chi connectivity index (χ2n) is 7.27. The highest BCUT2D eigenvalue weighted by atomic mass is 16.6. The van der Waals surface area contributed by atoms with Crippen LogP contribution in [-0.4, -0.2) is 15.8 Å². The van der Waals surface area contributed by atoms with Crippen LogP contribution in [0.4, 0.5) is 11.4 Å². The largest absolute Gasteiger partial charge is 0.321 e. The molecule has 32 heavy (non-hydrogen) atoms. The van der Waals surface area contributed by atoms with E-state index in [-0.39, 0.29) is 16.9 Å². The number of pyridine rings is 1. The monoisotopic (exact) mass is 425 g/mol. The van der Waals surface area contributed by atoms with Gasteiger partial charge in [0.25, 0.3) is 17.2 Å². The van der Waals surface area contributed by atoms with Crippen molar-refractivity contribution in [1.29, 1.82) is 0 Å². The molecule has 1 amide bonds. The molecule has 0 aliphatic carbocycles. The van der Waals surface area contributed by atoms with E-state index in [0.717, 1.165) is 16.7 Å². The fourth-order valence-corrected chi connectivity index (χ4v) is 3.34. The number of H-pyrrole nitrogens is 1. The third-order valence-corrected chi connectivity index (χ3v) is 5.14. The van der Waals surface area contributed by atoms with Crippen LogP contribution in [0.15, 0.2) is 89.7 Å². The molecule has 0 radical (unpaired) electrons. The zero-order valence-electron chi connectivity index (χ0n) is 17.2. The highest BCUT2D eigenvalue weighted by Gasteiger charge is 2.15. The minimum atomic E-state index is -0.638. The molecule has 0 spiro atoms. The van der Waals surface area contributed by atoms with Crippen LogP contribution < -0.4 is 10.9 Å². The molecule has 4 rings (SSSR count). The van der Waals surface area contributed by atoms with Crippen molar-refractivity contribution in [2.24, 2.45) is 0 Å². The van der Waals surface area contributed by atoms with Crippen molar-refractivity contribution >= 4 is 17.3 Å². The maximum absolute atomic E-state index is 12.6. The van der Waals surface area contributed by atoms with Gasteiger partial charge in [-0.2, -0.15) is 0 Å². The standard InChI is InChI=1S/C25H19N3O4/c1-16-7-12-20(28(31)32)15-23(16)27-25(30)21-13-14-22(26-24(21)29)19-10-8-18(9-11-19)17-5-3-2-4-6-17/h2-15H,1H3,(H,26,29)(H,27,30). The predicted molar refractivity (Wildman–Crippen MR) is 124 cm³/mol. The highest BCUT2D eigenvalue weighted by Crippen LogP contribution is 2.24. The molecular weight excluding hydrogens is 406 g/mol. The van der Waals surface area contributed by atoms with Gasteiger partial charge in [0.15, 0.2) is 0 Å². The lowest BCUT2D eigenvalue weighted by Crippen LogP contribution is -2.23. The van der Waals surface area contributed by atoms with E-state index >= 15 is 0 Å². The number of nitro groups is 1. The SMILES string of the molecule is Cc1ccc([N+](=O)[O-])cc1NC(=O)c1ccc(-c2ccc(-c3ccccc3)cc2)[nH]c1=O. The molecule has 2 N–H and O–H groups in total. The quantitative estimate of drug-likeness (QED) is 0.340. The number of carbonyl (C=O) groups is 1. The second-order valence-corrected chi connectivity index (χ2v) is 7.27. The number of rotatable bonds is 5. The molecule has 0 atom stereocenters. The van der Waals surface area contributed by atoms with Crippen LogP contribution in [0.1, 0.15) is 15.9 Å². The van der Waals surface area contributed by atoms with Crippen LogP contribution >= 0.6 is 0 Å². The summed E-state index contributed by atoms with van der Waals surface area (Å²) in [5, 5.41) is 13.6. The zero-order chi connectivity index (χ0) is 22.7. The first kappa shape index (κ1) is 20.7.